The molecule has 6 heteroatoms. The van der Waals surface area contributed by atoms with E-state index in [2.05, 4.69) is 21.0 Å². The molecule has 2 aromatic rings. The van der Waals surface area contributed by atoms with Crippen LogP contribution in [-0.2, 0) is 0 Å². The number of rotatable bonds is 6. The van der Waals surface area contributed by atoms with Gasteiger partial charge in [-0.05, 0) is 48.5 Å². The number of nitrogens with zero attached hydrogens (tertiary/aromatic N) is 2. The van der Waals surface area contributed by atoms with E-state index in [9.17, 15) is 9.81 Å². The third-order valence-corrected chi connectivity index (χ3v) is 2.83. The van der Waals surface area contributed by atoms with Gasteiger partial charge in [0.25, 0.3) is 0 Å². The van der Waals surface area contributed by atoms with Crippen molar-refractivity contribution in [3.63, 3.8) is 0 Å². The normalized spacial score (nSPS) is 10.2. The van der Waals surface area contributed by atoms with Gasteiger partial charge in [-0.25, -0.2) is 0 Å². The molecule has 0 radical (unpaired) electrons. The molecule has 0 heterocycles. The summed E-state index contributed by atoms with van der Waals surface area (Å²) < 4.78 is 0. The topological polar surface area (TPSA) is 82.9 Å². The molecule has 2 aromatic carbocycles. The number of hydrogen-bond donors (Lipinski definition) is 2. The van der Waals surface area contributed by atoms with Gasteiger partial charge < -0.3 is 10.6 Å². The molecule has 0 aliphatic heterocycles. The van der Waals surface area contributed by atoms with Crippen molar-refractivity contribution in [1.82, 2.24) is 0 Å². The molecule has 0 saturated carbocycles. The Balaban J connectivity index is 2.43. The van der Waals surface area contributed by atoms with E-state index in [1.807, 2.05) is 44.2 Å². The Morgan fingerprint density at radius 2 is 1.43 bits per heavy atom. The standard InChI is InChI=1S/C15H16N4O2/c1-10(2)16-12-8-9-13(15(19-21)14(12)18-20)17-11-6-4-3-5-7-11/h3-10,16-17H,1-2H3. The lowest BCUT2D eigenvalue weighted by atomic mass is 10.1. The fraction of sp³-hybridized carbons (Fsp3) is 0.200. The summed E-state index contributed by atoms with van der Waals surface area (Å²) in [4.78, 5) is 22.2. The number of benzene rings is 2. The van der Waals surface area contributed by atoms with Crippen LogP contribution < -0.4 is 10.6 Å². The van der Waals surface area contributed by atoms with E-state index in [0.717, 1.165) is 5.69 Å². The van der Waals surface area contributed by atoms with E-state index < -0.39 is 0 Å². The Kier molecular flexibility index (Phi) is 4.61. The first-order valence-electron chi connectivity index (χ1n) is 6.58. The average molecular weight is 284 g/mol. The molecule has 0 aliphatic carbocycles. The van der Waals surface area contributed by atoms with Gasteiger partial charge in [-0.1, -0.05) is 18.2 Å². The molecule has 108 valence electrons. The number of nitroso groups, excluding NO2 is 2. The molecule has 2 rings (SSSR count). The molecule has 6 nitrogen and oxygen atoms in total. The van der Waals surface area contributed by atoms with Crippen molar-refractivity contribution in [2.75, 3.05) is 10.6 Å². The lowest BCUT2D eigenvalue weighted by molar-refractivity contribution is 0.900. The molecule has 2 N–H and O–H groups in total. The zero-order valence-corrected chi connectivity index (χ0v) is 11.8. The third-order valence-electron chi connectivity index (χ3n) is 2.83. The van der Waals surface area contributed by atoms with Gasteiger partial charge in [0.15, 0.2) is 11.4 Å². The summed E-state index contributed by atoms with van der Waals surface area (Å²) in [5, 5.41) is 12.0. The predicted molar refractivity (Wildman–Crippen MR) is 85.8 cm³/mol. The first-order valence-corrected chi connectivity index (χ1v) is 6.58. The molecule has 0 aliphatic rings. The summed E-state index contributed by atoms with van der Waals surface area (Å²) in [6.07, 6.45) is 0. The summed E-state index contributed by atoms with van der Waals surface area (Å²) >= 11 is 0. The average Bonchev–Trinajstić information content (AvgIpc) is 2.48. The van der Waals surface area contributed by atoms with Crippen molar-refractivity contribution >= 4 is 28.4 Å². The van der Waals surface area contributed by atoms with Gasteiger partial charge in [0.05, 0.1) is 11.4 Å². The third kappa shape index (κ3) is 3.42. The van der Waals surface area contributed by atoms with E-state index in [0.29, 0.717) is 11.4 Å². The minimum Gasteiger partial charge on any atom is -0.381 e. The molecule has 0 fully saturated rings. The number of nitrogens with one attached hydrogen (secondary N) is 2. The highest BCUT2D eigenvalue weighted by Crippen LogP contribution is 2.42. The molecule has 0 spiro atoms. The predicted octanol–water partition coefficient (Wildman–Crippen LogP) is 5.05. The zero-order chi connectivity index (χ0) is 15.2. The van der Waals surface area contributed by atoms with Gasteiger partial charge in [-0.15, -0.1) is 9.81 Å². The fourth-order valence-corrected chi connectivity index (χ4v) is 1.97. The van der Waals surface area contributed by atoms with E-state index >= 15 is 0 Å². The molecule has 0 unspecified atom stereocenters. The van der Waals surface area contributed by atoms with Crippen molar-refractivity contribution in [2.45, 2.75) is 19.9 Å². The second kappa shape index (κ2) is 6.60. The van der Waals surface area contributed by atoms with Gasteiger partial charge >= 0.3 is 0 Å². The lowest BCUT2D eigenvalue weighted by Crippen LogP contribution is -2.09. The van der Waals surface area contributed by atoms with E-state index in [1.165, 1.54) is 0 Å². The van der Waals surface area contributed by atoms with Gasteiger partial charge in [0.1, 0.15) is 0 Å². The smallest absolute Gasteiger partial charge is 0.162 e. The summed E-state index contributed by atoms with van der Waals surface area (Å²) in [5.41, 5.74) is 1.75. The molecular formula is C15H16N4O2. The lowest BCUT2D eigenvalue weighted by Gasteiger charge is -2.15. The molecule has 0 aromatic heterocycles. The van der Waals surface area contributed by atoms with Gasteiger partial charge in [-0.3, -0.25) is 0 Å². The molecule has 0 bridgehead atoms. The van der Waals surface area contributed by atoms with Crippen LogP contribution in [0.15, 0.2) is 52.8 Å². The first kappa shape index (κ1) is 14.6. The Hall–Kier alpha value is -2.76. The second-order valence-electron chi connectivity index (χ2n) is 4.83. The van der Waals surface area contributed by atoms with Crippen LogP contribution in [-0.4, -0.2) is 6.04 Å². The maximum absolute atomic E-state index is 11.1. The highest BCUT2D eigenvalue weighted by Gasteiger charge is 2.16. The first-order chi connectivity index (χ1) is 10.2. The number of hydrogen-bond acceptors (Lipinski definition) is 6. The number of anilines is 3. The van der Waals surface area contributed by atoms with Gasteiger partial charge in [-0.2, -0.15) is 0 Å². The number of para-hydroxylation sites is 1. The molecular weight excluding hydrogens is 268 g/mol. The quantitative estimate of drug-likeness (QED) is 0.727. The summed E-state index contributed by atoms with van der Waals surface area (Å²) in [6.45, 7) is 3.86. The molecule has 0 atom stereocenters. The Morgan fingerprint density at radius 3 is 2.00 bits per heavy atom. The fourth-order valence-electron chi connectivity index (χ4n) is 1.97. The molecule has 0 saturated heterocycles. The SMILES string of the molecule is CC(C)Nc1ccc(Nc2ccccc2)c(N=O)c1N=O. The van der Waals surface area contributed by atoms with Crippen molar-refractivity contribution in [1.29, 1.82) is 0 Å². The van der Waals surface area contributed by atoms with Gasteiger partial charge in [0.2, 0.25) is 0 Å². The Bertz CT molecular complexity index is 642. The van der Waals surface area contributed by atoms with Crippen molar-refractivity contribution in [3.05, 3.63) is 52.3 Å². The Morgan fingerprint density at radius 1 is 0.857 bits per heavy atom. The van der Waals surface area contributed by atoms with Crippen LogP contribution in [0, 0.1) is 9.81 Å². The monoisotopic (exact) mass is 284 g/mol. The van der Waals surface area contributed by atoms with Crippen molar-refractivity contribution in [2.24, 2.45) is 10.4 Å². The Labute approximate surface area is 122 Å². The van der Waals surface area contributed by atoms with Crippen LogP contribution in [0.5, 0.6) is 0 Å². The summed E-state index contributed by atoms with van der Waals surface area (Å²) in [5.74, 6) is 0. The maximum atomic E-state index is 11.1. The van der Waals surface area contributed by atoms with Crippen LogP contribution in [0.2, 0.25) is 0 Å². The highest BCUT2D eigenvalue weighted by atomic mass is 16.3. The van der Waals surface area contributed by atoms with Crippen LogP contribution in [0.1, 0.15) is 13.8 Å². The summed E-state index contributed by atoms with van der Waals surface area (Å²) in [7, 11) is 0. The van der Waals surface area contributed by atoms with Gasteiger partial charge in [0, 0.05) is 11.7 Å². The van der Waals surface area contributed by atoms with Crippen molar-refractivity contribution < 1.29 is 0 Å². The van der Waals surface area contributed by atoms with Crippen LogP contribution in [0.25, 0.3) is 0 Å². The van der Waals surface area contributed by atoms with Crippen LogP contribution >= 0.6 is 0 Å². The minimum absolute atomic E-state index is 0.000460. The van der Waals surface area contributed by atoms with Crippen LogP contribution in [0.4, 0.5) is 28.4 Å². The largest absolute Gasteiger partial charge is 0.381 e. The second-order valence-corrected chi connectivity index (χ2v) is 4.83. The van der Waals surface area contributed by atoms with Crippen LogP contribution in [0.3, 0.4) is 0 Å². The maximum Gasteiger partial charge on any atom is 0.162 e. The highest BCUT2D eigenvalue weighted by molar-refractivity contribution is 5.88. The molecule has 21 heavy (non-hydrogen) atoms. The van der Waals surface area contributed by atoms with E-state index in [-0.39, 0.29) is 17.4 Å². The van der Waals surface area contributed by atoms with Crippen molar-refractivity contribution in [3.8, 4) is 0 Å². The van der Waals surface area contributed by atoms with E-state index in [1.54, 1.807) is 12.1 Å². The molecule has 0 amide bonds. The minimum atomic E-state index is -0.000460. The zero-order valence-electron chi connectivity index (χ0n) is 11.8. The summed E-state index contributed by atoms with van der Waals surface area (Å²) in [6, 6.07) is 12.8. The van der Waals surface area contributed by atoms with E-state index in [4.69, 9.17) is 0 Å².